The quantitative estimate of drug-likeness (QED) is 0.808. The number of hydrogen-bond donors (Lipinski definition) is 1. The second-order valence-electron chi connectivity index (χ2n) is 6.73. The molecule has 0 aromatic heterocycles. The van der Waals surface area contributed by atoms with Gasteiger partial charge in [0.2, 0.25) is 5.91 Å². The highest BCUT2D eigenvalue weighted by molar-refractivity contribution is 6.30. The van der Waals surface area contributed by atoms with E-state index in [9.17, 15) is 4.79 Å². The lowest BCUT2D eigenvalue weighted by molar-refractivity contribution is -0.116. The standard InChI is InChI=1S/C21H26ClN3O/c22-19-7-4-8-20(17-19)23-21(26)10-12-25-15-13-24(14-16-25)11-9-18-5-2-1-3-6-18/h1-8,17H,9-16H2,(H,23,26). The monoisotopic (exact) mass is 371 g/mol. The van der Waals surface area contributed by atoms with Crippen LogP contribution >= 0.6 is 11.6 Å². The molecule has 0 bridgehead atoms. The lowest BCUT2D eigenvalue weighted by atomic mass is 10.1. The smallest absolute Gasteiger partial charge is 0.225 e. The van der Waals surface area contributed by atoms with Crippen LogP contribution in [0.3, 0.4) is 0 Å². The van der Waals surface area contributed by atoms with Gasteiger partial charge in [-0.1, -0.05) is 48.0 Å². The highest BCUT2D eigenvalue weighted by Gasteiger charge is 2.17. The maximum absolute atomic E-state index is 12.1. The zero-order valence-corrected chi connectivity index (χ0v) is 15.8. The second kappa shape index (κ2) is 9.72. The van der Waals surface area contributed by atoms with Crippen molar-refractivity contribution in [2.75, 3.05) is 44.6 Å². The van der Waals surface area contributed by atoms with E-state index in [1.165, 1.54) is 5.56 Å². The first-order chi connectivity index (χ1) is 12.7. The fourth-order valence-electron chi connectivity index (χ4n) is 3.22. The summed E-state index contributed by atoms with van der Waals surface area (Å²) < 4.78 is 0. The molecule has 1 fully saturated rings. The molecule has 0 atom stereocenters. The van der Waals surface area contributed by atoms with E-state index < -0.39 is 0 Å². The van der Waals surface area contributed by atoms with Crippen molar-refractivity contribution in [2.45, 2.75) is 12.8 Å². The fraction of sp³-hybridized carbons (Fsp3) is 0.381. The van der Waals surface area contributed by atoms with Gasteiger partial charge in [0.25, 0.3) is 0 Å². The van der Waals surface area contributed by atoms with E-state index in [2.05, 4.69) is 45.4 Å². The Labute approximate surface area is 160 Å². The van der Waals surface area contributed by atoms with Gasteiger partial charge < -0.3 is 15.1 Å². The first-order valence-electron chi connectivity index (χ1n) is 9.23. The Hall–Kier alpha value is -1.88. The number of hydrogen-bond acceptors (Lipinski definition) is 3. The van der Waals surface area contributed by atoms with Crippen molar-refractivity contribution < 1.29 is 4.79 Å². The van der Waals surface area contributed by atoms with Crippen molar-refractivity contribution in [3.8, 4) is 0 Å². The van der Waals surface area contributed by atoms with E-state index in [1.54, 1.807) is 12.1 Å². The number of carbonyl (C=O) groups excluding carboxylic acids is 1. The number of amides is 1. The van der Waals surface area contributed by atoms with E-state index >= 15 is 0 Å². The van der Waals surface area contributed by atoms with Crippen LogP contribution in [0.4, 0.5) is 5.69 Å². The molecular weight excluding hydrogens is 346 g/mol. The van der Waals surface area contributed by atoms with Crippen LogP contribution in [0.5, 0.6) is 0 Å². The lowest BCUT2D eigenvalue weighted by Crippen LogP contribution is -2.47. The maximum atomic E-state index is 12.1. The van der Waals surface area contributed by atoms with Crippen LogP contribution in [-0.4, -0.2) is 55.0 Å². The Kier molecular flexibility index (Phi) is 7.06. The van der Waals surface area contributed by atoms with Crippen LogP contribution in [0, 0.1) is 0 Å². The average Bonchev–Trinajstić information content (AvgIpc) is 2.66. The molecule has 3 rings (SSSR count). The molecule has 138 valence electrons. The molecule has 4 nitrogen and oxygen atoms in total. The Morgan fingerprint density at radius 3 is 2.31 bits per heavy atom. The van der Waals surface area contributed by atoms with Crippen LogP contribution < -0.4 is 5.32 Å². The summed E-state index contributed by atoms with van der Waals surface area (Å²) in [4.78, 5) is 17.0. The fourth-order valence-corrected chi connectivity index (χ4v) is 3.41. The molecule has 0 spiro atoms. The lowest BCUT2D eigenvalue weighted by Gasteiger charge is -2.34. The third-order valence-corrected chi connectivity index (χ3v) is 5.02. The van der Waals surface area contributed by atoms with Crippen molar-refractivity contribution in [2.24, 2.45) is 0 Å². The van der Waals surface area contributed by atoms with Crippen LogP contribution in [0.1, 0.15) is 12.0 Å². The van der Waals surface area contributed by atoms with Gasteiger partial charge in [0.15, 0.2) is 0 Å². The number of benzene rings is 2. The van der Waals surface area contributed by atoms with Crippen molar-refractivity contribution in [3.63, 3.8) is 0 Å². The highest BCUT2D eigenvalue weighted by Crippen LogP contribution is 2.15. The largest absolute Gasteiger partial charge is 0.326 e. The van der Waals surface area contributed by atoms with E-state index in [0.29, 0.717) is 11.4 Å². The molecule has 1 aliphatic heterocycles. The van der Waals surface area contributed by atoms with Gasteiger partial charge >= 0.3 is 0 Å². The van der Waals surface area contributed by atoms with Crippen LogP contribution in [0.2, 0.25) is 5.02 Å². The molecule has 2 aromatic rings. The summed E-state index contributed by atoms with van der Waals surface area (Å²) in [6.45, 7) is 6.11. The molecule has 0 aliphatic carbocycles. The summed E-state index contributed by atoms with van der Waals surface area (Å²) in [7, 11) is 0. The topological polar surface area (TPSA) is 35.6 Å². The summed E-state index contributed by atoms with van der Waals surface area (Å²) >= 11 is 5.94. The molecule has 1 N–H and O–H groups in total. The first-order valence-corrected chi connectivity index (χ1v) is 9.61. The molecule has 0 saturated carbocycles. The first kappa shape index (κ1) is 18.9. The molecule has 1 aliphatic rings. The minimum absolute atomic E-state index is 0.0405. The Morgan fingerprint density at radius 2 is 1.62 bits per heavy atom. The van der Waals surface area contributed by atoms with Gasteiger partial charge in [-0.3, -0.25) is 4.79 Å². The van der Waals surface area contributed by atoms with Crippen molar-refractivity contribution in [1.29, 1.82) is 0 Å². The van der Waals surface area contributed by atoms with Crippen LogP contribution in [0.25, 0.3) is 0 Å². The van der Waals surface area contributed by atoms with E-state index in [4.69, 9.17) is 11.6 Å². The van der Waals surface area contributed by atoms with Gasteiger partial charge in [-0.05, 0) is 30.2 Å². The summed E-state index contributed by atoms with van der Waals surface area (Å²) in [5, 5.41) is 3.54. The predicted octanol–water partition coefficient (Wildman–Crippen LogP) is 3.53. The average molecular weight is 372 g/mol. The second-order valence-corrected chi connectivity index (χ2v) is 7.16. The van der Waals surface area contributed by atoms with Gasteiger partial charge in [0, 0.05) is 56.4 Å². The van der Waals surface area contributed by atoms with Crippen molar-refractivity contribution >= 4 is 23.2 Å². The van der Waals surface area contributed by atoms with E-state index in [0.717, 1.165) is 51.4 Å². The molecule has 0 unspecified atom stereocenters. The minimum Gasteiger partial charge on any atom is -0.326 e. The number of rotatable bonds is 7. The van der Waals surface area contributed by atoms with Crippen LogP contribution in [-0.2, 0) is 11.2 Å². The SMILES string of the molecule is O=C(CCN1CCN(CCc2ccccc2)CC1)Nc1cccc(Cl)c1. The molecule has 1 amide bonds. The Morgan fingerprint density at radius 1 is 0.923 bits per heavy atom. The van der Waals surface area contributed by atoms with Crippen molar-refractivity contribution in [3.05, 3.63) is 65.2 Å². The van der Waals surface area contributed by atoms with Gasteiger partial charge in [-0.2, -0.15) is 0 Å². The number of piperazine rings is 1. The summed E-state index contributed by atoms with van der Waals surface area (Å²) in [5.74, 6) is 0.0405. The molecule has 0 radical (unpaired) electrons. The zero-order chi connectivity index (χ0) is 18.2. The third-order valence-electron chi connectivity index (χ3n) is 4.79. The van der Waals surface area contributed by atoms with Crippen molar-refractivity contribution in [1.82, 2.24) is 9.80 Å². The molecule has 2 aromatic carbocycles. The minimum atomic E-state index is 0.0405. The molecule has 1 heterocycles. The van der Waals surface area contributed by atoms with Gasteiger partial charge in [0.1, 0.15) is 0 Å². The Balaban J connectivity index is 1.33. The molecular formula is C21H26ClN3O. The van der Waals surface area contributed by atoms with Gasteiger partial charge in [-0.25, -0.2) is 0 Å². The van der Waals surface area contributed by atoms with Gasteiger partial charge in [0.05, 0.1) is 0 Å². The zero-order valence-electron chi connectivity index (χ0n) is 15.0. The molecule has 26 heavy (non-hydrogen) atoms. The maximum Gasteiger partial charge on any atom is 0.225 e. The third kappa shape index (κ3) is 6.13. The number of nitrogens with one attached hydrogen (secondary N) is 1. The summed E-state index contributed by atoms with van der Waals surface area (Å²) in [6, 6.07) is 17.9. The number of anilines is 1. The Bertz CT molecular complexity index is 699. The number of nitrogens with zero attached hydrogens (tertiary/aromatic N) is 2. The van der Waals surface area contributed by atoms with Gasteiger partial charge in [-0.15, -0.1) is 0 Å². The predicted molar refractivity (Wildman–Crippen MR) is 108 cm³/mol. The number of halogens is 1. The van der Waals surface area contributed by atoms with Crippen LogP contribution in [0.15, 0.2) is 54.6 Å². The normalized spacial score (nSPS) is 15.7. The summed E-state index contributed by atoms with van der Waals surface area (Å²) in [6.07, 6.45) is 1.61. The summed E-state index contributed by atoms with van der Waals surface area (Å²) in [5.41, 5.74) is 2.15. The number of carbonyl (C=O) groups is 1. The van der Waals surface area contributed by atoms with E-state index in [-0.39, 0.29) is 5.91 Å². The molecule has 1 saturated heterocycles. The highest BCUT2D eigenvalue weighted by atomic mass is 35.5. The molecule has 5 heteroatoms. The van der Waals surface area contributed by atoms with E-state index in [1.807, 2.05) is 12.1 Å².